The third kappa shape index (κ3) is 2.13. The molecule has 0 radical (unpaired) electrons. The molecule has 2 aromatic rings. The summed E-state index contributed by atoms with van der Waals surface area (Å²) in [6.07, 6.45) is 2.02. The molecule has 0 aliphatic rings. The van der Waals surface area contributed by atoms with Gasteiger partial charge >= 0.3 is 0 Å². The first-order valence-electron chi connectivity index (χ1n) is 5.17. The summed E-state index contributed by atoms with van der Waals surface area (Å²) >= 11 is 0. The van der Waals surface area contributed by atoms with Gasteiger partial charge in [-0.2, -0.15) is 0 Å². The molecule has 0 bridgehead atoms. The fraction of sp³-hybridized carbons (Fsp3) is 0.333. The lowest BCUT2D eigenvalue weighted by Gasteiger charge is -2.05. The third-order valence-corrected chi connectivity index (χ3v) is 2.44. The molecule has 0 fully saturated rings. The third-order valence-electron chi connectivity index (χ3n) is 2.44. The molecule has 3 heteroatoms. The number of rotatable bonds is 4. The molecule has 15 heavy (non-hydrogen) atoms. The smallest absolute Gasteiger partial charge is 0.116 e. The molecule has 1 aromatic heterocycles. The van der Waals surface area contributed by atoms with Crippen molar-refractivity contribution in [2.75, 3.05) is 13.2 Å². The summed E-state index contributed by atoms with van der Waals surface area (Å²) in [5, 5.41) is 10.4. The van der Waals surface area contributed by atoms with Crippen molar-refractivity contribution in [1.82, 2.24) is 4.57 Å². The second-order valence-electron chi connectivity index (χ2n) is 3.45. The number of aromatic nitrogens is 1. The van der Waals surface area contributed by atoms with Gasteiger partial charge in [0.1, 0.15) is 5.75 Å². The van der Waals surface area contributed by atoms with Crippen molar-refractivity contribution in [2.24, 2.45) is 0 Å². The fourth-order valence-electron chi connectivity index (χ4n) is 1.69. The molecule has 0 aliphatic heterocycles. The highest BCUT2D eigenvalue weighted by molar-refractivity contribution is 5.81. The van der Waals surface area contributed by atoms with Crippen LogP contribution in [0.1, 0.15) is 6.92 Å². The quantitative estimate of drug-likeness (QED) is 0.778. The molecule has 0 saturated carbocycles. The second kappa shape index (κ2) is 4.36. The summed E-state index contributed by atoms with van der Waals surface area (Å²) in [6.45, 7) is 4.31. The Morgan fingerprint density at radius 3 is 3.00 bits per heavy atom. The van der Waals surface area contributed by atoms with Crippen molar-refractivity contribution >= 4 is 10.9 Å². The van der Waals surface area contributed by atoms with E-state index in [4.69, 9.17) is 4.74 Å². The summed E-state index contributed by atoms with van der Waals surface area (Å²) in [7, 11) is 0. The van der Waals surface area contributed by atoms with Gasteiger partial charge in [0.2, 0.25) is 0 Å². The van der Waals surface area contributed by atoms with Crippen LogP contribution in [0, 0.1) is 0 Å². The van der Waals surface area contributed by atoms with Crippen molar-refractivity contribution in [3.8, 4) is 5.75 Å². The number of benzene rings is 1. The molecule has 0 spiro atoms. The number of hydrogen-bond acceptors (Lipinski definition) is 2. The zero-order chi connectivity index (χ0) is 10.7. The number of hydrogen-bond donors (Lipinski definition) is 1. The molecule has 0 amide bonds. The number of phenolic OH excluding ortho intramolecular Hbond substituents is 1. The average Bonchev–Trinajstić information content (AvgIpc) is 2.61. The summed E-state index contributed by atoms with van der Waals surface area (Å²) < 4.78 is 7.44. The molecule has 3 nitrogen and oxygen atoms in total. The van der Waals surface area contributed by atoms with Crippen LogP contribution in [-0.2, 0) is 11.3 Å². The van der Waals surface area contributed by atoms with Crippen molar-refractivity contribution in [1.29, 1.82) is 0 Å². The minimum absolute atomic E-state index is 0.310. The van der Waals surface area contributed by atoms with Crippen LogP contribution >= 0.6 is 0 Å². The van der Waals surface area contributed by atoms with Gasteiger partial charge in [0.05, 0.1) is 6.61 Å². The van der Waals surface area contributed by atoms with E-state index in [1.54, 1.807) is 12.1 Å². The highest BCUT2D eigenvalue weighted by Gasteiger charge is 2.01. The fourth-order valence-corrected chi connectivity index (χ4v) is 1.69. The lowest BCUT2D eigenvalue weighted by Crippen LogP contribution is -2.04. The van der Waals surface area contributed by atoms with E-state index in [0.717, 1.165) is 30.7 Å². The lowest BCUT2D eigenvalue weighted by atomic mass is 10.2. The maximum absolute atomic E-state index is 9.32. The van der Waals surface area contributed by atoms with Crippen molar-refractivity contribution in [3.63, 3.8) is 0 Å². The molecular formula is C12H15NO2. The normalized spacial score (nSPS) is 11.0. The molecule has 1 heterocycles. The largest absolute Gasteiger partial charge is 0.508 e. The highest BCUT2D eigenvalue weighted by Crippen LogP contribution is 2.20. The van der Waals surface area contributed by atoms with Crippen LogP contribution in [0.25, 0.3) is 10.9 Å². The predicted molar refractivity (Wildman–Crippen MR) is 60.1 cm³/mol. The highest BCUT2D eigenvalue weighted by atomic mass is 16.5. The molecule has 80 valence electrons. The number of nitrogens with zero attached hydrogens (tertiary/aromatic N) is 1. The monoisotopic (exact) mass is 205 g/mol. The zero-order valence-corrected chi connectivity index (χ0v) is 8.81. The van der Waals surface area contributed by atoms with Crippen LogP contribution in [0.4, 0.5) is 0 Å². The first-order valence-corrected chi connectivity index (χ1v) is 5.17. The van der Waals surface area contributed by atoms with Gasteiger partial charge in [-0.1, -0.05) is 0 Å². The predicted octanol–water partition coefficient (Wildman–Crippen LogP) is 2.38. The average molecular weight is 205 g/mol. The van der Waals surface area contributed by atoms with E-state index in [0.29, 0.717) is 5.75 Å². The molecule has 1 aromatic carbocycles. The van der Waals surface area contributed by atoms with E-state index in [-0.39, 0.29) is 0 Å². The SMILES string of the molecule is CCOCCn1ccc2cc(O)ccc21. The van der Waals surface area contributed by atoms with Crippen molar-refractivity contribution in [3.05, 3.63) is 30.5 Å². The Hall–Kier alpha value is -1.48. The molecule has 2 rings (SSSR count). The Morgan fingerprint density at radius 1 is 1.33 bits per heavy atom. The summed E-state index contributed by atoms with van der Waals surface area (Å²) in [5.74, 6) is 0.310. The standard InChI is InChI=1S/C12H15NO2/c1-2-15-8-7-13-6-5-10-9-11(14)3-4-12(10)13/h3-6,9,14H,2,7-8H2,1H3. The van der Waals surface area contributed by atoms with Crippen LogP contribution in [0.15, 0.2) is 30.5 Å². The number of fused-ring (bicyclic) bond motifs is 1. The molecule has 1 N–H and O–H groups in total. The van der Waals surface area contributed by atoms with Crippen molar-refractivity contribution in [2.45, 2.75) is 13.5 Å². The minimum Gasteiger partial charge on any atom is -0.508 e. The first kappa shape index (κ1) is 10.1. The van der Waals surface area contributed by atoms with E-state index >= 15 is 0 Å². The Kier molecular flexibility index (Phi) is 2.92. The molecular weight excluding hydrogens is 190 g/mol. The van der Waals surface area contributed by atoms with Gasteiger partial charge < -0.3 is 14.4 Å². The molecule has 0 unspecified atom stereocenters. The molecule has 0 saturated heterocycles. The van der Waals surface area contributed by atoms with Crippen molar-refractivity contribution < 1.29 is 9.84 Å². The van der Waals surface area contributed by atoms with E-state index < -0.39 is 0 Å². The van der Waals surface area contributed by atoms with E-state index in [1.165, 1.54) is 0 Å². The van der Waals surface area contributed by atoms with Gasteiger partial charge in [0.25, 0.3) is 0 Å². The van der Waals surface area contributed by atoms with Gasteiger partial charge in [0.15, 0.2) is 0 Å². The summed E-state index contributed by atoms with van der Waals surface area (Å²) in [6, 6.07) is 7.41. The maximum atomic E-state index is 9.32. The Bertz CT molecular complexity index is 448. The maximum Gasteiger partial charge on any atom is 0.116 e. The Labute approximate surface area is 88.9 Å². The van der Waals surface area contributed by atoms with Gasteiger partial charge in [-0.25, -0.2) is 0 Å². The van der Waals surface area contributed by atoms with E-state index in [2.05, 4.69) is 4.57 Å². The van der Waals surface area contributed by atoms with E-state index in [9.17, 15) is 5.11 Å². The Balaban J connectivity index is 2.21. The molecule has 0 aliphatic carbocycles. The van der Waals surface area contributed by atoms with Crippen LogP contribution in [-0.4, -0.2) is 22.9 Å². The number of ether oxygens (including phenoxy) is 1. The van der Waals surface area contributed by atoms with Crippen LogP contribution in [0.3, 0.4) is 0 Å². The van der Waals surface area contributed by atoms with Gasteiger partial charge in [-0.3, -0.25) is 0 Å². The first-order chi connectivity index (χ1) is 7.31. The molecule has 0 atom stereocenters. The minimum atomic E-state index is 0.310. The number of aromatic hydroxyl groups is 1. The topological polar surface area (TPSA) is 34.4 Å². The van der Waals surface area contributed by atoms with Crippen LogP contribution in [0.5, 0.6) is 5.75 Å². The zero-order valence-electron chi connectivity index (χ0n) is 8.81. The van der Waals surface area contributed by atoms with E-state index in [1.807, 2.05) is 25.3 Å². The summed E-state index contributed by atoms with van der Waals surface area (Å²) in [4.78, 5) is 0. The van der Waals surface area contributed by atoms with Gasteiger partial charge in [-0.05, 0) is 31.2 Å². The second-order valence-corrected chi connectivity index (χ2v) is 3.45. The summed E-state index contributed by atoms with van der Waals surface area (Å²) in [5.41, 5.74) is 1.13. The Morgan fingerprint density at radius 2 is 2.20 bits per heavy atom. The van der Waals surface area contributed by atoms with Gasteiger partial charge in [0, 0.05) is 30.3 Å². The van der Waals surface area contributed by atoms with Crippen LogP contribution in [0.2, 0.25) is 0 Å². The lowest BCUT2D eigenvalue weighted by molar-refractivity contribution is 0.140. The van der Waals surface area contributed by atoms with Crippen LogP contribution < -0.4 is 0 Å². The van der Waals surface area contributed by atoms with Gasteiger partial charge in [-0.15, -0.1) is 0 Å². The number of phenols is 1.